The number of para-hydroxylation sites is 2. The second-order valence-corrected chi connectivity index (χ2v) is 25.3. The highest BCUT2D eigenvalue weighted by molar-refractivity contribution is 7.49. The van der Waals surface area contributed by atoms with Crippen molar-refractivity contribution in [3.8, 4) is 11.5 Å². The lowest BCUT2D eigenvalue weighted by Gasteiger charge is -2.45. The largest absolute Gasteiger partial charge is 0.588 e. The zero-order chi connectivity index (χ0) is 63.1. The molecule has 1 fully saturated rings. The molecule has 0 saturated carbocycles. The fraction of sp³-hybridized carbons (Fsp3) is 0.676. The molecule has 88 heavy (non-hydrogen) atoms. The molecule has 494 valence electrons. The molecule has 1 heterocycles. The van der Waals surface area contributed by atoms with Gasteiger partial charge in [0.2, 0.25) is 5.91 Å². The van der Waals surface area contributed by atoms with Crippen LogP contribution in [-0.4, -0.2) is 78.2 Å². The summed E-state index contributed by atoms with van der Waals surface area (Å²) in [5.74, 6) is -3.49. The average molecular weight is 1250 g/mol. The van der Waals surface area contributed by atoms with Crippen LogP contribution in [0.5, 0.6) is 11.5 Å². The molecule has 0 spiro atoms. The number of benzene rings is 3. The van der Waals surface area contributed by atoms with Crippen molar-refractivity contribution in [2.45, 2.75) is 302 Å². The fourth-order valence-electron chi connectivity index (χ4n) is 10.9. The maximum atomic E-state index is 15.5. The minimum Gasteiger partial charge on any atom is -0.481 e. The number of ether oxygens (including phenoxy) is 5. The van der Waals surface area contributed by atoms with Crippen molar-refractivity contribution < 1.29 is 70.9 Å². The van der Waals surface area contributed by atoms with Crippen molar-refractivity contribution in [1.82, 2.24) is 5.32 Å². The van der Waals surface area contributed by atoms with Gasteiger partial charge in [-0.1, -0.05) is 267 Å². The number of esters is 3. The molecule has 1 aliphatic heterocycles. The van der Waals surface area contributed by atoms with Crippen LogP contribution in [0.15, 0.2) is 91.0 Å². The molecule has 6 atom stereocenters. The summed E-state index contributed by atoms with van der Waals surface area (Å²) in [4.78, 5) is 67.9. The topological polar surface area (TPSA) is 209 Å². The van der Waals surface area contributed by atoms with Gasteiger partial charge < -0.3 is 43.2 Å². The number of aliphatic carboxylic acids is 1. The van der Waals surface area contributed by atoms with Gasteiger partial charge in [0.15, 0.2) is 12.4 Å². The van der Waals surface area contributed by atoms with Crippen molar-refractivity contribution in [3.05, 3.63) is 96.6 Å². The molecule has 2 N–H and O–H groups in total. The Balaban J connectivity index is 1.69. The zero-order valence-corrected chi connectivity index (χ0v) is 54.7. The lowest BCUT2D eigenvalue weighted by molar-refractivity contribution is -0.275. The predicted octanol–water partition coefficient (Wildman–Crippen LogP) is 18.0. The third-order valence-corrected chi connectivity index (χ3v) is 17.3. The minimum absolute atomic E-state index is 0.0132. The first kappa shape index (κ1) is 75.2. The first-order valence-electron chi connectivity index (χ1n) is 34.1. The van der Waals surface area contributed by atoms with Crippen LogP contribution in [0.1, 0.15) is 264 Å². The van der Waals surface area contributed by atoms with E-state index in [9.17, 15) is 29.1 Å². The molecule has 0 aliphatic carbocycles. The molecule has 1 amide bonds. The number of phosphoric ester groups is 1. The summed E-state index contributed by atoms with van der Waals surface area (Å²) in [5.41, 5.74) is 0.735. The molecule has 16 nitrogen and oxygen atoms in total. The molecule has 3 aromatic rings. The summed E-state index contributed by atoms with van der Waals surface area (Å²) in [6, 6.07) is 24.2. The van der Waals surface area contributed by atoms with Crippen LogP contribution < -0.4 is 14.4 Å². The molecule has 4 rings (SSSR count). The summed E-state index contributed by atoms with van der Waals surface area (Å²) in [7, 11) is -4.91. The van der Waals surface area contributed by atoms with E-state index in [1.165, 1.54) is 109 Å². The maximum absolute atomic E-state index is 15.5. The van der Waals surface area contributed by atoms with Crippen LogP contribution in [0.2, 0.25) is 0 Å². The summed E-state index contributed by atoms with van der Waals surface area (Å²) < 4.78 is 65.8. The van der Waals surface area contributed by atoms with E-state index in [0.717, 1.165) is 82.6 Å². The van der Waals surface area contributed by atoms with Crippen LogP contribution in [0.4, 0.5) is 0 Å². The van der Waals surface area contributed by atoms with E-state index in [1.54, 1.807) is 60.7 Å². The van der Waals surface area contributed by atoms with Crippen molar-refractivity contribution in [3.63, 3.8) is 0 Å². The molecule has 1 saturated heterocycles. The zero-order valence-electron chi connectivity index (χ0n) is 53.8. The Morgan fingerprint density at radius 2 is 0.943 bits per heavy atom. The van der Waals surface area contributed by atoms with Gasteiger partial charge in [-0.15, -0.1) is 0 Å². The quantitative estimate of drug-likeness (QED) is 0.0233. The van der Waals surface area contributed by atoms with Gasteiger partial charge in [-0.25, -0.2) is 4.57 Å². The Morgan fingerprint density at radius 1 is 0.511 bits per heavy atom. The Kier molecular flexibility index (Phi) is 40.7. The normalized spacial score (nSPS) is 17.0. The number of carbonyl (C=O) groups excluding carboxylic acids is 4. The number of carbonyl (C=O) groups is 5. The van der Waals surface area contributed by atoms with E-state index in [4.69, 9.17) is 37.3 Å². The summed E-state index contributed by atoms with van der Waals surface area (Å²) in [5, 5.41) is 12.5. The Bertz CT molecular complexity index is 2300. The van der Waals surface area contributed by atoms with Gasteiger partial charge in [-0.2, -0.15) is 0 Å². The van der Waals surface area contributed by atoms with E-state index in [-0.39, 0.29) is 43.3 Å². The smallest absolute Gasteiger partial charge is 0.481 e. The van der Waals surface area contributed by atoms with Crippen LogP contribution >= 0.6 is 7.82 Å². The fourth-order valence-corrected chi connectivity index (χ4v) is 12.3. The van der Waals surface area contributed by atoms with Gasteiger partial charge in [0.1, 0.15) is 42.5 Å². The number of carboxylic acid groups (broad SMARTS) is 1. The van der Waals surface area contributed by atoms with Gasteiger partial charge in [-0.05, 0) is 55.5 Å². The standard InChI is InChI=1S/C71H110NO15P/c1-4-7-10-13-16-19-21-24-27-30-42-51-66(77)82-61(50-37-29-26-23-18-15-12-9-6-3)55-63(73)72-68-70(84-67(78)52-43-31-28-25-22-20-17-14-11-8-5-2)69(87-88(79,85-59-46-38-33-39-47-59)86-60-48-40-34-41-49-60)62(57-80-65(76)54-53-64(74)75)83-71(68)81-56-58-44-35-32-36-45-58/h32-36,38-41,44-49,61-62,68-71H,4-31,37,42-43,50-57H2,1-3H3,(H,72,73)(H,74,75)/t61-,62+,68+,69+,70+,71+/m0/s1. The van der Waals surface area contributed by atoms with E-state index in [1.807, 2.05) is 30.3 Å². The highest BCUT2D eigenvalue weighted by Crippen LogP contribution is 2.52. The molecule has 1 aliphatic rings. The molecule has 0 aromatic heterocycles. The summed E-state index contributed by atoms with van der Waals surface area (Å²) in [6.45, 7) is 5.96. The van der Waals surface area contributed by atoms with E-state index >= 15 is 4.57 Å². The third kappa shape index (κ3) is 34.6. The van der Waals surface area contributed by atoms with Gasteiger partial charge in [0, 0.05) is 12.8 Å². The van der Waals surface area contributed by atoms with Gasteiger partial charge in [0.05, 0.1) is 25.9 Å². The van der Waals surface area contributed by atoms with Crippen LogP contribution in [0, 0.1) is 0 Å². The Labute approximate surface area is 527 Å². The molecule has 0 unspecified atom stereocenters. The first-order chi connectivity index (χ1) is 42.9. The number of hydrogen-bond donors (Lipinski definition) is 2. The highest BCUT2D eigenvalue weighted by Gasteiger charge is 2.54. The van der Waals surface area contributed by atoms with E-state index < -0.39 is 87.8 Å². The molecular formula is C71H110NO15P. The van der Waals surface area contributed by atoms with Gasteiger partial charge >= 0.3 is 31.7 Å². The predicted molar refractivity (Wildman–Crippen MR) is 345 cm³/mol. The number of phosphoric acid groups is 1. The van der Waals surface area contributed by atoms with Crippen molar-refractivity contribution in [1.29, 1.82) is 0 Å². The summed E-state index contributed by atoms with van der Waals surface area (Å²) in [6.07, 6.45) is 26.4. The molecule has 17 heteroatoms. The average Bonchev–Trinajstić information content (AvgIpc) is 2.84. The number of hydrogen-bond acceptors (Lipinski definition) is 14. The molecular weight excluding hydrogens is 1140 g/mol. The van der Waals surface area contributed by atoms with Crippen LogP contribution in [0.25, 0.3) is 0 Å². The molecule has 3 aromatic carbocycles. The summed E-state index contributed by atoms with van der Waals surface area (Å²) >= 11 is 0. The lowest BCUT2D eigenvalue weighted by atomic mass is 9.95. The van der Waals surface area contributed by atoms with Crippen LogP contribution in [-0.2, 0) is 63.4 Å². The minimum atomic E-state index is -4.91. The van der Waals surface area contributed by atoms with Gasteiger partial charge in [0.25, 0.3) is 0 Å². The number of amides is 1. The molecule has 0 bridgehead atoms. The van der Waals surface area contributed by atoms with Gasteiger partial charge in [-0.3, -0.25) is 28.5 Å². The maximum Gasteiger partial charge on any atom is 0.588 e. The Morgan fingerprint density at radius 3 is 1.41 bits per heavy atom. The first-order valence-corrected chi connectivity index (χ1v) is 35.5. The molecule has 0 radical (unpaired) electrons. The number of unbranched alkanes of at least 4 members (excludes halogenated alkanes) is 28. The number of rotatable bonds is 53. The monoisotopic (exact) mass is 1250 g/mol. The second-order valence-electron chi connectivity index (χ2n) is 23.8. The lowest BCUT2D eigenvalue weighted by Crippen LogP contribution is -2.66. The number of carboxylic acids is 1. The van der Waals surface area contributed by atoms with Crippen LogP contribution in [0.3, 0.4) is 0 Å². The van der Waals surface area contributed by atoms with Crippen molar-refractivity contribution >= 4 is 37.6 Å². The highest BCUT2D eigenvalue weighted by atomic mass is 31.2. The SMILES string of the molecule is CCCCCCCCCCCCCC(=O)O[C@@H](CCCCCCCCCCC)CC(=O)N[C@H]1[C@H](OCc2ccccc2)O[C@H](COC(=O)CCC(=O)O)[C@@H](OP(=O)(Oc2ccccc2)Oc2ccccc2)[C@@H]1OC(=O)CCCCCCCCCCCCC. The number of nitrogens with one attached hydrogen (secondary N) is 1. The Hall–Kier alpha value is -5.28. The van der Waals surface area contributed by atoms with Crippen molar-refractivity contribution in [2.75, 3.05) is 6.61 Å². The second kappa shape index (κ2) is 47.6. The van der Waals surface area contributed by atoms with Crippen molar-refractivity contribution in [2.24, 2.45) is 0 Å². The van der Waals surface area contributed by atoms with E-state index in [2.05, 4.69) is 26.1 Å². The third-order valence-electron chi connectivity index (χ3n) is 15.9. The van der Waals surface area contributed by atoms with E-state index in [0.29, 0.717) is 19.3 Å².